The minimum atomic E-state index is -4.07. The number of aryl methyl sites for hydroxylation is 2. The van der Waals surface area contributed by atoms with Crippen LogP contribution in [0.5, 0.6) is 0 Å². The number of nitrogens with one attached hydrogen (secondary N) is 1. The van der Waals surface area contributed by atoms with Crippen molar-refractivity contribution in [1.29, 1.82) is 0 Å². The molecule has 0 radical (unpaired) electrons. The summed E-state index contributed by atoms with van der Waals surface area (Å²) in [6.07, 6.45) is 5.61. The number of hydrogen-bond acceptors (Lipinski definition) is 4. The fraction of sp³-hybridized carbons (Fsp3) is 0.394. The van der Waals surface area contributed by atoms with Crippen LogP contribution in [-0.2, 0) is 26.2 Å². The Kier molecular flexibility index (Phi) is 10.2. The highest BCUT2D eigenvalue weighted by Crippen LogP contribution is 2.27. The van der Waals surface area contributed by atoms with Crippen LogP contribution in [0, 0.1) is 13.8 Å². The van der Waals surface area contributed by atoms with Crippen LogP contribution in [0.4, 0.5) is 5.69 Å². The molecule has 0 aromatic heterocycles. The average molecular weight is 576 g/mol. The lowest BCUT2D eigenvalue weighted by atomic mass is 9.95. The zero-order valence-corrected chi connectivity index (χ0v) is 25.1. The smallest absolute Gasteiger partial charge is 0.264 e. The quantitative estimate of drug-likeness (QED) is 0.315. The molecule has 8 heteroatoms. The average Bonchev–Trinajstić information content (AvgIpc) is 2.97. The van der Waals surface area contributed by atoms with E-state index < -0.39 is 28.5 Å². The number of carbonyl (C=O) groups is 2. The maximum atomic E-state index is 14.2. The third kappa shape index (κ3) is 7.55. The fourth-order valence-corrected chi connectivity index (χ4v) is 7.05. The predicted octanol–water partition coefficient (Wildman–Crippen LogP) is 5.76. The van der Waals surface area contributed by atoms with Gasteiger partial charge in [-0.25, -0.2) is 8.42 Å². The lowest BCUT2D eigenvalue weighted by Crippen LogP contribution is -2.54. The van der Waals surface area contributed by atoms with Gasteiger partial charge in [-0.05, 0) is 62.4 Å². The summed E-state index contributed by atoms with van der Waals surface area (Å²) < 4.78 is 29.1. The molecule has 7 nitrogen and oxygen atoms in total. The van der Waals surface area contributed by atoms with Crippen LogP contribution in [0.25, 0.3) is 0 Å². The molecule has 0 bridgehead atoms. The molecule has 0 saturated heterocycles. The van der Waals surface area contributed by atoms with E-state index in [1.165, 1.54) is 22.9 Å². The molecule has 2 amide bonds. The second-order valence-corrected chi connectivity index (χ2v) is 12.8. The van der Waals surface area contributed by atoms with E-state index in [0.717, 1.165) is 42.4 Å². The van der Waals surface area contributed by atoms with E-state index in [9.17, 15) is 18.0 Å². The Labute approximate surface area is 244 Å². The Bertz CT molecular complexity index is 1440. The van der Waals surface area contributed by atoms with Gasteiger partial charge in [-0.2, -0.15) is 0 Å². The van der Waals surface area contributed by atoms with Crippen molar-refractivity contribution >= 4 is 27.5 Å². The highest BCUT2D eigenvalue weighted by Gasteiger charge is 2.34. The van der Waals surface area contributed by atoms with Crippen molar-refractivity contribution in [1.82, 2.24) is 10.2 Å². The third-order valence-corrected chi connectivity index (χ3v) is 9.54. The molecule has 3 aromatic rings. The maximum Gasteiger partial charge on any atom is 0.264 e. The van der Waals surface area contributed by atoms with Crippen molar-refractivity contribution in [3.8, 4) is 0 Å². The highest BCUT2D eigenvalue weighted by molar-refractivity contribution is 7.92. The summed E-state index contributed by atoms with van der Waals surface area (Å²) in [6.45, 7) is 5.46. The molecule has 1 fully saturated rings. The first-order chi connectivity index (χ1) is 19.7. The van der Waals surface area contributed by atoms with Crippen molar-refractivity contribution in [3.63, 3.8) is 0 Å². The first-order valence-corrected chi connectivity index (χ1v) is 15.9. The molecule has 4 rings (SSSR count). The van der Waals surface area contributed by atoms with Gasteiger partial charge in [0.15, 0.2) is 0 Å². The van der Waals surface area contributed by atoms with Crippen LogP contribution in [0.1, 0.15) is 62.1 Å². The molecule has 1 atom stereocenters. The van der Waals surface area contributed by atoms with Gasteiger partial charge in [-0.3, -0.25) is 13.9 Å². The summed E-state index contributed by atoms with van der Waals surface area (Å²) in [5.41, 5.74) is 3.09. The van der Waals surface area contributed by atoms with E-state index in [-0.39, 0.29) is 23.4 Å². The highest BCUT2D eigenvalue weighted by atomic mass is 32.2. The van der Waals surface area contributed by atoms with Crippen LogP contribution in [-0.4, -0.2) is 43.8 Å². The van der Waals surface area contributed by atoms with Crippen molar-refractivity contribution in [2.24, 2.45) is 0 Å². The number of carbonyl (C=O) groups excluding carboxylic acids is 2. The summed E-state index contributed by atoms with van der Waals surface area (Å²) in [5, 5.41) is 3.19. The van der Waals surface area contributed by atoms with Crippen LogP contribution < -0.4 is 9.62 Å². The number of para-hydroxylation sites is 1. The molecule has 1 N–H and O–H groups in total. The molecule has 0 aliphatic heterocycles. The van der Waals surface area contributed by atoms with Gasteiger partial charge in [-0.15, -0.1) is 0 Å². The summed E-state index contributed by atoms with van der Waals surface area (Å²) in [7, 11) is -4.07. The van der Waals surface area contributed by atoms with E-state index in [1.54, 1.807) is 35.2 Å². The molecule has 3 aromatic carbocycles. The van der Waals surface area contributed by atoms with Crippen LogP contribution in [0.2, 0.25) is 0 Å². The number of hydrogen-bond donors (Lipinski definition) is 1. The second-order valence-electron chi connectivity index (χ2n) is 10.9. The van der Waals surface area contributed by atoms with Crippen molar-refractivity contribution in [3.05, 3.63) is 95.6 Å². The number of benzene rings is 3. The summed E-state index contributed by atoms with van der Waals surface area (Å²) >= 11 is 0. The van der Waals surface area contributed by atoms with Gasteiger partial charge < -0.3 is 10.2 Å². The number of anilines is 1. The van der Waals surface area contributed by atoms with Crippen molar-refractivity contribution in [2.75, 3.05) is 10.8 Å². The van der Waals surface area contributed by atoms with Crippen LogP contribution >= 0.6 is 0 Å². The monoisotopic (exact) mass is 575 g/mol. The zero-order valence-electron chi connectivity index (χ0n) is 24.3. The molecule has 1 unspecified atom stereocenters. The van der Waals surface area contributed by atoms with Gasteiger partial charge in [0.05, 0.1) is 10.6 Å². The number of rotatable bonds is 11. The van der Waals surface area contributed by atoms with Crippen LogP contribution in [0.15, 0.2) is 83.8 Å². The van der Waals surface area contributed by atoms with Crippen molar-refractivity contribution in [2.45, 2.75) is 82.8 Å². The first kappa shape index (κ1) is 30.3. The number of sulfonamides is 1. The first-order valence-electron chi connectivity index (χ1n) is 14.5. The minimum Gasteiger partial charge on any atom is -0.352 e. The lowest BCUT2D eigenvalue weighted by Gasteiger charge is -2.34. The molecule has 218 valence electrons. The number of nitrogens with zero attached hydrogens (tertiary/aromatic N) is 2. The largest absolute Gasteiger partial charge is 0.352 e. The van der Waals surface area contributed by atoms with E-state index in [4.69, 9.17) is 0 Å². The standard InChI is InChI=1S/C33H41N3O4S/c1-4-30(33(38)34-28-17-7-5-8-18-28)35(23-27-16-13-14-25(2)22-27)32(37)24-36(31-21-12-11-15-26(31)3)41(39,40)29-19-9-6-10-20-29/h6,9-16,19-22,28,30H,4-5,7-8,17-18,23-24H2,1-3H3,(H,34,38). The minimum absolute atomic E-state index is 0.100. The van der Waals surface area contributed by atoms with E-state index in [1.807, 2.05) is 57.2 Å². The molecule has 41 heavy (non-hydrogen) atoms. The van der Waals surface area contributed by atoms with Gasteiger partial charge in [0.2, 0.25) is 11.8 Å². The summed E-state index contributed by atoms with van der Waals surface area (Å²) in [4.78, 5) is 29.5. The maximum absolute atomic E-state index is 14.2. The SMILES string of the molecule is CCC(C(=O)NC1CCCCC1)N(Cc1cccc(C)c1)C(=O)CN(c1ccccc1C)S(=O)(=O)c1ccccc1. The van der Waals surface area contributed by atoms with Crippen molar-refractivity contribution < 1.29 is 18.0 Å². The fourth-order valence-electron chi connectivity index (χ4n) is 5.55. The Hall–Kier alpha value is -3.65. The third-order valence-electron chi connectivity index (χ3n) is 7.77. The molecular formula is C33H41N3O4S. The Morgan fingerprint density at radius 2 is 1.59 bits per heavy atom. The van der Waals surface area contributed by atoms with Gasteiger partial charge in [0.25, 0.3) is 10.0 Å². The predicted molar refractivity (Wildman–Crippen MR) is 163 cm³/mol. The molecule has 1 saturated carbocycles. The lowest BCUT2D eigenvalue weighted by molar-refractivity contribution is -0.140. The molecule has 1 aliphatic rings. The Morgan fingerprint density at radius 1 is 0.902 bits per heavy atom. The molecule has 1 aliphatic carbocycles. The van der Waals surface area contributed by atoms with E-state index >= 15 is 0 Å². The topological polar surface area (TPSA) is 86.8 Å². The Balaban J connectivity index is 1.71. The second kappa shape index (κ2) is 13.8. The summed E-state index contributed by atoms with van der Waals surface area (Å²) in [5.74, 6) is -0.617. The van der Waals surface area contributed by atoms with E-state index in [2.05, 4.69) is 5.32 Å². The van der Waals surface area contributed by atoms with Crippen LogP contribution in [0.3, 0.4) is 0 Å². The summed E-state index contributed by atoms with van der Waals surface area (Å²) in [6, 6.07) is 22.5. The van der Waals surface area contributed by atoms with Gasteiger partial charge in [0.1, 0.15) is 12.6 Å². The number of amides is 2. The van der Waals surface area contributed by atoms with Gasteiger partial charge in [0, 0.05) is 12.6 Å². The van der Waals surface area contributed by atoms with Gasteiger partial charge in [-0.1, -0.05) is 92.4 Å². The Morgan fingerprint density at radius 3 is 2.24 bits per heavy atom. The van der Waals surface area contributed by atoms with E-state index in [0.29, 0.717) is 12.1 Å². The molecular weight excluding hydrogens is 534 g/mol. The zero-order chi connectivity index (χ0) is 29.4. The normalized spacial score (nSPS) is 14.7. The molecule has 0 spiro atoms. The van der Waals surface area contributed by atoms with Gasteiger partial charge >= 0.3 is 0 Å². The molecule has 0 heterocycles.